The van der Waals surface area contributed by atoms with Crippen LogP contribution >= 0.6 is 139 Å². The molecule has 2 aliphatic rings. The number of aryl methyl sites for hydroxylation is 8. The highest BCUT2D eigenvalue weighted by Crippen LogP contribution is 2.59. The maximum absolute atomic E-state index is 13.0. The Kier molecular flexibility index (Phi) is 41.1. The second-order valence-corrected chi connectivity index (χ2v) is 42.0. The van der Waals surface area contributed by atoms with Gasteiger partial charge >= 0.3 is 30.4 Å². The molecule has 0 radical (unpaired) electrons. The first-order chi connectivity index (χ1) is 64.8. The van der Waals surface area contributed by atoms with Crippen molar-refractivity contribution in [1.29, 1.82) is 0 Å². The van der Waals surface area contributed by atoms with Crippen LogP contribution in [0, 0.1) is 27.7 Å². The van der Waals surface area contributed by atoms with Crippen LogP contribution in [-0.4, -0.2) is 70.6 Å². The minimum atomic E-state index is -4.06. The van der Waals surface area contributed by atoms with Crippen LogP contribution in [0.1, 0.15) is 94.5 Å². The van der Waals surface area contributed by atoms with E-state index in [0.717, 1.165) is 78.4 Å². The Morgan fingerprint density at radius 1 is 0.246 bits per heavy atom. The van der Waals surface area contributed by atoms with Gasteiger partial charge in [-0.15, -0.1) is 108 Å². The molecule has 740 valence electrons. The Bertz CT molecular complexity index is 6770. The van der Waals surface area contributed by atoms with Crippen molar-refractivity contribution in [1.82, 2.24) is 0 Å². The highest BCUT2D eigenvalue weighted by Gasteiger charge is 2.49. The van der Waals surface area contributed by atoms with E-state index in [1.54, 1.807) is 9.13 Å². The van der Waals surface area contributed by atoms with Crippen LogP contribution in [0.25, 0.3) is 89.5 Å². The first-order valence-electron chi connectivity index (χ1n) is 45.5. The van der Waals surface area contributed by atoms with Crippen LogP contribution in [0.15, 0.2) is 366 Å². The smallest absolute Gasteiger partial charge is 0.324 e. The molecule has 0 bridgehead atoms. The fourth-order valence-electron chi connectivity index (χ4n) is 19.2. The van der Waals surface area contributed by atoms with Crippen molar-refractivity contribution in [3.05, 3.63) is 433 Å². The number of benzene rings is 8. The molecule has 32 heteroatoms. The molecule has 0 saturated heterocycles. The average molecular weight is 2240 g/mol. The summed E-state index contributed by atoms with van der Waals surface area (Å²) >= 11 is 0. The maximum Gasteiger partial charge on any atom is 0.337 e. The normalized spacial score (nSPS) is 12.3. The van der Waals surface area contributed by atoms with Crippen LogP contribution in [0.5, 0.6) is 0 Å². The van der Waals surface area contributed by atoms with Crippen molar-refractivity contribution in [3.63, 3.8) is 0 Å². The van der Waals surface area contributed by atoms with E-state index < -0.39 is 41.2 Å². The van der Waals surface area contributed by atoms with Crippen LogP contribution in [0.4, 0.5) is 0 Å². The van der Waals surface area contributed by atoms with E-state index in [1.807, 2.05) is 111 Å². The molecule has 0 unspecified atom stereocenters. The molecule has 18 rings (SSSR count). The zero-order valence-corrected chi connectivity index (χ0v) is 91.7. The molecule has 16 aromatic rings. The van der Waals surface area contributed by atoms with E-state index in [1.165, 1.54) is 77.9 Å². The second kappa shape index (κ2) is 50.4. The van der Waals surface area contributed by atoms with Crippen LogP contribution in [0.3, 0.4) is 0 Å². The largest absolute Gasteiger partial charge is 0.337 e. The van der Waals surface area contributed by atoms with Gasteiger partial charge < -0.3 is 37.7 Å². The van der Waals surface area contributed by atoms with Crippen molar-refractivity contribution in [2.75, 3.05) is 51.1 Å². The first kappa shape index (κ1) is 116. The SMILES string of the molecule is Br.Br.CCOP(=O)(CC[n+]1ccc(-c2cc[n+](-c3ccc(C4(c5ccc(-[n+]6ccc(-c7cc[n+](CCP(=O)(OCC)OCC)cc7)cc6)c(C)c5)c5ccccc5-c5ccccc54)cc3C)cc2)cc1)OCC.Cc1cc(C2(c3ccc(-[n+]4ccc(-c5cc[n+](CCP(=O)(O)O)cc5)cc4)c(C)c3)c3ccccc3-c3ccccc32)ccc1-[n+]1ccc(-c2cc[n+](CCP(=O)(O)O)cc2)cc1.Cl.Cl.Cl.Cl.Cl.Cl. The zero-order valence-electron chi connectivity index (χ0n) is 79.8. The summed E-state index contributed by atoms with van der Waals surface area (Å²) in [6.45, 7) is 19.1. The Labute approximate surface area is 889 Å². The van der Waals surface area contributed by atoms with Gasteiger partial charge in [-0.25, -0.2) is 18.3 Å². The van der Waals surface area contributed by atoms with Crippen molar-refractivity contribution in [2.24, 2.45) is 0 Å². The molecule has 0 amide bonds. The first-order valence-corrected chi connectivity index (χ1v) is 52.6. The Balaban J connectivity index is 0.000000302. The fourth-order valence-corrected chi connectivity index (χ4v) is 23.3. The summed E-state index contributed by atoms with van der Waals surface area (Å²) in [5, 5.41) is 0. The van der Waals surface area contributed by atoms with Gasteiger partial charge in [0.05, 0.1) is 37.3 Å². The molecule has 8 heterocycles. The van der Waals surface area contributed by atoms with Gasteiger partial charge in [0.25, 0.3) is 0 Å². The maximum atomic E-state index is 13.0. The Morgan fingerprint density at radius 3 is 0.599 bits per heavy atom. The lowest BCUT2D eigenvalue weighted by Crippen LogP contribution is -2.34. The molecule has 4 N–H and O–H groups in total. The summed E-state index contributed by atoms with van der Waals surface area (Å²) in [5.74, 6) is 0. The summed E-state index contributed by atoms with van der Waals surface area (Å²) < 4.78 is 86.9. The number of hydrogen-bond acceptors (Lipinski definition) is 8. The summed E-state index contributed by atoms with van der Waals surface area (Å²) in [5.41, 5.74) is 31.2. The van der Waals surface area contributed by atoms with Gasteiger partial charge in [0, 0.05) is 144 Å². The summed E-state index contributed by atoms with van der Waals surface area (Å²) in [6.07, 6.45) is 32.5. The predicted molar refractivity (Wildman–Crippen MR) is 584 cm³/mol. The minimum Gasteiger partial charge on any atom is -0.324 e. The third-order valence-electron chi connectivity index (χ3n) is 25.6. The molecular weight excluding hydrogens is 2120 g/mol. The highest BCUT2D eigenvalue weighted by atomic mass is 79.9. The summed E-state index contributed by atoms with van der Waals surface area (Å²) in [6, 6.07) is 96.0. The zero-order chi connectivity index (χ0) is 93.5. The van der Waals surface area contributed by atoms with Gasteiger partial charge in [0.2, 0.25) is 22.7 Å². The van der Waals surface area contributed by atoms with E-state index in [-0.39, 0.29) is 134 Å². The number of rotatable bonds is 32. The fraction of sp³-hybridized carbons (Fsp3) is 0.200. The number of nitrogens with zero attached hydrogens (tertiary/aromatic N) is 8. The minimum absolute atomic E-state index is 0. The van der Waals surface area contributed by atoms with Crippen molar-refractivity contribution >= 4 is 139 Å². The van der Waals surface area contributed by atoms with Crippen LogP contribution in [0.2, 0.25) is 0 Å². The van der Waals surface area contributed by atoms with E-state index >= 15 is 0 Å². The molecule has 0 atom stereocenters. The number of pyridine rings is 8. The van der Waals surface area contributed by atoms with E-state index in [9.17, 15) is 37.8 Å². The molecule has 8 aromatic heterocycles. The molecule has 0 fully saturated rings. The summed E-state index contributed by atoms with van der Waals surface area (Å²) in [7, 11) is -14.4. The number of hydrogen-bond donors (Lipinski definition) is 4. The number of fused-ring (bicyclic) bond motifs is 6. The highest BCUT2D eigenvalue weighted by molar-refractivity contribution is 8.93. The number of aromatic nitrogens is 8. The van der Waals surface area contributed by atoms with Gasteiger partial charge in [0.15, 0.2) is 125 Å². The molecule has 20 nitrogen and oxygen atoms in total. The molecule has 0 spiro atoms. The Hall–Kier alpha value is -9.74. The van der Waals surface area contributed by atoms with Crippen molar-refractivity contribution in [2.45, 2.75) is 92.4 Å². The quantitative estimate of drug-likeness (QED) is 0.0229. The van der Waals surface area contributed by atoms with E-state index in [4.69, 9.17) is 18.1 Å². The standard InChI is InChI=1S/C59H64N4O6P2.C51H44N4O6P2.2BrH.6ClH/c1-7-66-70(64,67-8-2)41-39-60-31-23-47(24-32-60)49-27-35-62(36-28-49)57-21-19-51(43-45(57)5)59(55-17-13-11-15-53(55)54-16-12-14-18-56(54)59)52-20-22-58(46(6)44-52)63-37-29-50(30-38-63)48-25-33-61(34-26-48)40-42-71(65,68-9-3)69-10-4;1-37-35-43(11-13-49(37)54-27-19-41(20-28-54)39-15-23-52(24-16-39)31-33-62(56,57)58)51(47-9-5-3-7-45(47)46-8-4-6-10-48(46)51)44-12-14-50(38(2)36-44)55-29-21-42(22-30-55)40-17-25-53(26-18-40)32-34-63(59,60)61;;;;;;;;/h11-38,43-44H,7-10,39-42H2,1-6H3;3-30,35-36H,31-34H2,1-2H3;8*1H/q+4;;;;;;;;;/p+4. The van der Waals surface area contributed by atoms with Crippen LogP contribution in [-0.2, 0) is 73.4 Å². The van der Waals surface area contributed by atoms with Gasteiger partial charge in [-0.05, 0) is 191 Å². The van der Waals surface area contributed by atoms with Gasteiger partial charge in [-0.3, -0.25) is 18.3 Å². The van der Waals surface area contributed by atoms with Gasteiger partial charge in [-0.2, -0.15) is 18.3 Å². The van der Waals surface area contributed by atoms with Crippen molar-refractivity contribution in [3.8, 4) is 89.5 Å². The molecular formula is C110H120Br2Cl6N8O12P4+8. The van der Waals surface area contributed by atoms with Gasteiger partial charge in [-0.1, -0.05) is 121 Å². The number of halogens is 8. The third kappa shape index (κ3) is 25.1. The third-order valence-corrected chi connectivity index (χ3v) is 31.3. The molecule has 0 aliphatic heterocycles. The summed E-state index contributed by atoms with van der Waals surface area (Å²) in [4.78, 5) is 37.0. The van der Waals surface area contributed by atoms with E-state index in [2.05, 4.69) is 338 Å². The monoisotopic (exact) mass is 2240 g/mol. The predicted octanol–water partition coefficient (Wildman–Crippen LogP) is 22.8. The van der Waals surface area contributed by atoms with Gasteiger partial charge in [0.1, 0.15) is 24.6 Å². The molecule has 2 aliphatic carbocycles. The van der Waals surface area contributed by atoms with Crippen LogP contribution < -0.4 is 36.5 Å². The molecule has 8 aromatic carbocycles. The molecule has 0 saturated carbocycles. The second-order valence-electron chi connectivity index (χ2n) is 34.1. The lowest BCUT2D eigenvalue weighted by atomic mass is 9.67. The lowest BCUT2D eigenvalue weighted by Gasteiger charge is -2.34. The average Bonchev–Trinajstić information content (AvgIpc) is 1.54. The lowest BCUT2D eigenvalue weighted by molar-refractivity contribution is -0.692. The van der Waals surface area contributed by atoms with Crippen molar-refractivity contribution < 1.29 is 92.5 Å². The topological polar surface area (TPSA) is 217 Å². The Morgan fingerprint density at radius 2 is 0.423 bits per heavy atom. The molecule has 142 heavy (non-hydrogen) atoms. The van der Waals surface area contributed by atoms with E-state index in [0.29, 0.717) is 51.8 Å².